The fourth-order valence-electron chi connectivity index (χ4n) is 1.79. The van der Waals surface area contributed by atoms with Gasteiger partial charge in [-0.2, -0.15) is 8.78 Å². The number of piperidine rings is 1. The minimum atomic E-state index is -3.47. The Kier molecular flexibility index (Phi) is 3.78. The second kappa shape index (κ2) is 5.34. The number of benzene rings is 1. The van der Waals surface area contributed by atoms with Crippen LogP contribution in [0.15, 0.2) is 30.3 Å². The van der Waals surface area contributed by atoms with Gasteiger partial charge >= 0.3 is 12.0 Å². The Hall–Kier alpha value is -1.98. The molecule has 0 aromatic heterocycles. The minimum Gasteiger partial charge on any atom is -0.445 e. The Morgan fingerprint density at radius 3 is 2.63 bits per heavy atom. The van der Waals surface area contributed by atoms with Gasteiger partial charge < -0.3 is 9.64 Å². The molecule has 6 heteroatoms. The van der Waals surface area contributed by atoms with Gasteiger partial charge in [0, 0.05) is 13.0 Å². The molecule has 1 aromatic carbocycles. The molecule has 0 N–H and O–H groups in total. The first-order chi connectivity index (χ1) is 8.99. The van der Waals surface area contributed by atoms with Crippen LogP contribution in [-0.4, -0.2) is 35.8 Å². The van der Waals surface area contributed by atoms with Crippen molar-refractivity contribution in [2.45, 2.75) is 19.0 Å². The first kappa shape index (κ1) is 13.5. The van der Waals surface area contributed by atoms with E-state index in [-0.39, 0.29) is 19.6 Å². The normalized spacial score (nSPS) is 18.2. The first-order valence-electron chi connectivity index (χ1n) is 5.86. The Balaban J connectivity index is 1.89. The smallest absolute Gasteiger partial charge is 0.410 e. The number of ketones is 1. The fourth-order valence-corrected chi connectivity index (χ4v) is 1.79. The van der Waals surface area contributed by atoms with E-state index >= 15 is 0 Å². The number of Topliss-reactive ketones (excluding diaryl/α,β-unsaturated/α-hetero) is 1. The third-order valence-corrected chi connectivity index (χ3v) is 2.87. The zero-order valence-corrected chi connectivity index (χ0v) is 10.1. The second-order valence-electron chi connectivity index (χ2n) is 4.34. The van der Waals surface area contributed by atoms with Crippen molar-refractivity contribution in [3.8, 4) is 0 Å². The summed E-state index contributed by atoms with van der Waals surface area (Å²) in [7, 11) is 0. The quantitative estimate of drug-likeness (QED) is 0.827. The number of ether oxygens (including phenoxy) is 1. The van der Waals surface area contributed by atoms with E-state index in [0.29, 0.717) is 0 Å². The third-order valence-electron chi connectivity index (χ3n) is 2.87. The molecule has 1 fully saturated rings. The molecule has 102 valence electrons. The number of carbonyl (C=O) groups excluding carboxylic acids is 2. The minimum absolute atomic E-state index is 0.0235. The molecule has 1 aromatic rings. The molecule has 0 bridgehead atoms. The van der Waals surface area contributed by atoms with E-state index < -0.39 is 24.3 Å². The summed E-state index contributed by atoms with van der Waals surface area (Å²) >= 11 is 0. The van der Waals surface area contributed by atoms with Gasteiger partial charge in [-0.05, 0) is 5.56 Å². The van der Waals surface area contributed by atoms with Crippen LogP contribution in [0, 0.1) is 0 Å². The van der Waals surface area contributed by atoms with Gasteiger partial charge in [-0.3, -0.25) is 4.79 Å². The summed E-state index contributed by atoms with van der Waals surface area (Å²) in [4.78, 5) is 23.4. The SMILES string of the molecule is O=C(OCc1ccccc1)N1CCC(=O)C(F)(F)C1. The number of hydrogen-bond donors (Lipinski definition) is 0. The molecule has 1 saturated heterocycles. The van der Waals surface area contributed by atoms with Crippen LogP contribution in [-0.2, 0) is 16.1 Å². The maximum atomic E-state index is 13.2. The molecule has 19 heavy (non-hydrogen) atoms. The second-order valence-corrected chi connectivity index (χ2v) is 4.34. The van der Waals surface area contributed by atoms with E-state index in [1.807, 2.05) is 6.07 Å². The average Bonchev–Trinajstić information content (AvgIpc) is 2.40. The van der Waals surface area contributed by atoms with Crippen molar-refractivity contribution in [3.63, 3.8) is 0 Å². The van der Waals surface area contributed by atoms with Gasteiger partial charge in [0.15, 0.2) is 0 Å². The lowest BCUT2D eigenvalue weighted by molar-refractivity contribution is -0.150. The van der Waals surface area contributed by atoms with Crippen molar-refractivity contribution in [2.75, 3.05) is 13.1 Å². The fraction of sp³-hybridized carbons (Fsp3) is 0.385. The summed E-state index contributed by atoms with van der Waals surface area (Å²) in [6.07, 6.45) is -1.16. The van der Waals surface area contributed by atoms with Gasteiger partial charge in [-0.15, -0.1) is 0 Å². The monoisotopic (exact) mass is 269 g/mol. The summed E-state index contributed by atoms with van der Waals surface area (Å²) in [5.41, 5.74) is 0.774. The molecule has 0 aliphatic carbocycles. The number of hydrogen-bond acceptors (Lipinski definition) is 3. The molecule has 0 saturated carbocycles. The third kappa shape index (κ3) is 3.27. The highest BCUT2D eigenvalue weighted by Crippen LogP contribution is 2.23. The Bertz CT molecular complexity index is 476. The number of alkyl halides is 2. The molecule has 4 nitrogen and oxygen atoms in total. The van der Waals surface area contributed by atoms with Crippen LogP contribution >= 0.6 is 0 Å². The topological polar surface area (TPSA) is 46.6 Å². The number of halogens is 2. The number of carbonyl (C=O) groups is 2. The van der Waals surface area contributed by atoms with E-state index in [2.05, 4.69) is 0 Å². The molecule has 0 atom stereocenters. The lowest BCUT2D eigenvalue weighted by Gasteiger charge is -2.30. The number of amides is 1. The highest BCUT2D eigenvalue weighted by molar-refractivity contribution is 5.88. The van der Waals surface area contributed by atoms with Crippen LogP contribution in [0.1, 0.15) is 12.0 Å². The molecular formula is C13H13F2NO3. The lowest BCUT2D eigenvalue weighted by atomic mass is 10.1. The lowest BCUT2D eigenvalue weighted by Crippen LogP contribution is -2.51. The maximum absolute atomic E-state index is 13.2. The number of rotatable bonds is 2. The Morgan fingerprint density at radius 1 is 1.32 bits per heavy atom. The van der Waals surface area contributed by atoms with Crippen molar-refractivity contribution in [1.29, 1.82) is 0 Å². The average molecular weight is 269 g/mol. The van der Waals surface area contributed by atoms with Gasteiger partial charge in [0.05, 0.1) is 6.54 Å². The van der Waals surface area contributed by atoms with Crippen LogP contribution in [0.25, 0.3) is 0 Å². The van der Waals surface area contributed by atoms with Crippen molar-refractivity contribution in [2.24, 2.45) is 0 Å². The summed E-state index contributed by atoms with van der Waals surface area (Å²) in [5.74, 6) is -4.59. The van der Waals surface area contributed by atoms with Crippen LogP contribution in [0.5, 0.6) is 0 Å². The van der Waals surface area contributed by atoms with Crippen molar-refractivity contribution < 1.29 is 23.1 Å². The zero-order valence-electron chi connectivity index (χ0n) is 10.1. The predicted octanol–water partition coefficient (Wildman–Crippen LogP) is 2.23. The van der Waals surface area contributed by atoms with E-state index in [4.69, 9.17) is 4.74 Å². The van der Waals surface area contributed by atoms with Crippen molar-refractivity contribution in [3.05, 3.63) is 35.9 Å². The zero-order chi connectivity index (χ0) is 13.9. The van der Waals surface area contributed by atoms with Gasteiger partial charge in [0.25, 0.3) is 0 Å². The largest absolute Gasteiger partial charge is 0.445 e. The molecule has 2 rings (SSSR count). The molecule has 0 unspecified atom stereocenters. The standard InChI is InChI=1S/C13H13F2NO3/c14-13(15)9-16(7-6-11(13)17)12(18)19-8-10-4-2-1-3-5-10/h1-5H,6-9H2. The van der Waals surface area contributed by atoms with Gasteiger partial charge in [-0.1, -0.05) is 30.3 Å². The van der Waals surface area contributed by atoms with E-state index in [9.17, 15) is 18.4 Å². The molecule has 1 heterocycles. The van der Waals surface area contributed by atoms with E-state index in [1.165, 1.54) is 0 Å². The summed E-state index contributed by atoms with van der Waals surface area (Å²) in [6.45, 7) is -0.906. The van der Waals surface area contributed by atoms with Crippen molar-refractivity contribution in [1.82, 2.24) is 4.90 Å². The highest BCUT2D eigenvalue weighted by atomic mass is 19.3. The molecular weight excluding hydrogens is 256 g/mol. The maximum Gasteiger partial charge on any atom is 0.410 e. The van der Waals surface area contributed by atoms with E-state index in [0.717, 1.165) is 10.5 Å². The van der Waals surface area contributed by atoms with Gasteiger partial charge in [0.2, 0.25) is 5.78 Å². The molecule has 0 spiro atoms. The van der Waals surface area contributed by atoms with Gasteiger partial charge in [0.1, 0.15) is 6.61 Å². The Labute approximate surface area is 109 Å². The highest BCUT2D eigenvalue weighted by Gasteiger charge is 2.45. The summed E-state index contributed by atoms with van der Waals surface area (Å²) < 4.78 is 31.3. The molecule has 0 radical (unpaired) electrons. The predicted molar refractivity (Wildman–Crippen MR) is 62.8 cm³/mol. The molecule has 1 aliphatic rings. The van der Waals surface area contributed by atoms with Crippen LogP contribution < -0.4 is 0 Å². The summed E-state index contributed by atoms with van der Waals surface area (Å²) in [6, 6.07) is 8.93. The summed E-state index contributed by atoms with van der Waals surface area (Å²) in [5, 5.41) is 0. The van der Waals surface area contributed by atoms with Crippen LogP contribution in [0.3, 0.4) is 0 Å². The van der Waals surface area contributed by atoms with Crippen molar-refractivity contribution >= 4 is 11.9 Å². The number of nitrogens with zero attached hydrogens (tertiary/aromatic N) is 1. The number of likely N-dealkylation sites (tertiary alicyclic amines) is 1. The molecule has 1 amide bonds. The first-order valence-corrected chi connectivity index (χ1v) is 5.86. The van der Waals surface area contributed by atoms with Crippen LogP contribution in [0.4, 0.5) is 13.6 Å². The van der Waals surface area contributed by atoms with Crippen LogP contribution in [0.2, 0.25) is 0 Å². The van der Waals surface area contributed by atoms with E-state index in [1.54, 1.807) is 24.3 Å². The Morgan fingerprint density at radius 2 is 2.00 bits per heavy atom. The van der Waals surface area contributed by atoms with Gasteiger partial charge in [-0.25, -0.2) is 4.79 Å². The molecule has 1 aliphatic heterocycles.